The van der Waals surface area contributed by atoms with Crippen LogP contribution in [0.2, 0.25) is 4.47 Å². The highest BCUT2D eigenvalue weighted by molar-refractivity contribution is 7.15. The van der Waals surface area contributed by atoms with E-state index in [1.807, 2.05) is 0 Å². The molecule has 0 aliphatic heterocycles. The van der Waals surface area contributed by atoms with Crippen LogP contribution in [0.15, 0.2) is 24.4 Å². The molecule has 0 N–H and O–H groups in total. The Morgan fingerprint density at radius 2 is 2.33 bits per heavy atom. The summed E-state index contributed by atoms with van der Waals surface area (Å²) in [5.41, 5.74) is 0.778. The second kappa shape index (κ2) is 5.32. The minimum absolute atomic E-state index is 0.0365. The van der Waals surface area contributed by atoms with Gasteiger partial charge in [-0.25, -0.2) is 4.98 Å². The van der Waals surface area contributed by atoms with Gasteiger partial charge in [-0.3, -0.25) is 10.1 Å². The predicted octanol–water partition coefficient (Wildman–Crippen LogP) is 3.59. The third-order valence-electron chi connectivity index (χ3n) is 2.21. The highest BCUT2D eigenvalue weighted by atomic mass is 35.5. The lowest BCUT2D eigenvalue weighted by atomic mass is 10.2. The fourth-order valence-corrected chi connectivity index (χ4v) is 2.28. The van der Waals surface area contributed by atoms with Crippen molar-refractivity contribution in [2.45, 2.75) is 13.5 Å². The molecule has 7 heteroatoms. The fraction of sp³-hybridized carbons (Fsp3) is 0.182. The van der Waals surface area contributed by atoms with Crippen LogP contribution in [0.1, 0.15) is 10.4 Å². The third kappa shape index (κ3) is 2.96. The van der Waals surface area contributed by atoms with E-state index in [9.17, 15) is 10.1 Å². The molecule has 0 radical (unpaired) electrons. The van der Waals surface area contributed by atoms with E-state index in [4.69, 9.17) is 16.3 Å². The molecule has 0 saturated heterocycles. The largest absolute Gasteiger partial charge is 0.481 e. The summed E-state index contributed by atoms with van der Waals surface area (Å²) in [5, 5.41) is 10.9. The number of nitrogens with zero attached hydrogens (tertiary/aromatic N) is 2. The Hall–Kier alpha value is -1.66. The van der Waals surface area contributed by atoms with Crippen molar-refractivity contribution in [3.63, 3.8) is 0 Å². The summed E-state index contributed by atoms with van der Waals surface area (Å²) < 4.78 is 5.85. The number of aromatic nitrogens is 1. The van der Waals surface area contributed by atoms with E-state index in [-0.39, 0.29) is 18.0 Å². The van der Waals surface area contributed by atoms with Crippen molar-refractivity contribution in [2.24, 2.45) is 0 Å². The summed E-state index contributed by atoms with van der Waals surface area (Å²) in [6.07, 6.45) is 1.59. The van der Waals surface area contributed by atoms with Crippen LogP contribution in [0.3, 0.4) is 0 Å². The standard InChI is InChI=1S/C11H9ClN2O3S/c1-7-2-3-10(9(4-7)14(15)16)17-6-8-5-13-11(12)18-8/h2-5H,6H2,1H3. The molecule has 5 nitrogen and oxygen atoms in total. The van der Waals surface area contributed by atoms with Crippen molar-refractivity contribution in [3.05, 3.63) is 49.4 Å². The van der Waals surface area contributed by atoms with Crippen molar-refractivity contribution in [1.82, 2.24) is 4.98 Å². The third-order valence-corrected chi connectivity index (χ3v) is 3.29. The smallest absolute Gasteiger partial charge is 0.311 e. The number of hydrogen-bond acceptors (Lipinski definition) is 5. The number of thiazole rings is 1. The van der Waals surface area contributed by atoms with Crippen LogP contribution in [0.25, 0.3) is 0 Å². The van der Waals surface area contributed by atoms with Crippen LogP contribution < -0.4 is 4.74 Å². The average molecular weight is 285 g/mol. The number of benzene rings is 1. The summed E-state index contributed by atoms with van der Waals surface area (Å²) in [4.78, 5) is 15.1. The Balaban J connectivity index is 2.16. The molecule has 0 unspecified atom stereocenters. The molecule has 18 heavy (non-hydrogen) atoms. The minimum atomic E-state index is -0.456. The van der Waals surface area contributed by atoms with Crippen molar-refractivity contribution < 1.29 is 9.66 Å². The van der Waals surface area contributed by atoms with E-state index in [1.54, 1.807) is 25.3 Å². The van der Waals surface area contributed by atoms with Gasteiger partial charge in [0.15, 0.2) is 10.2 Å². The molecule has 94 valence electrons. The SMILES string of the molecule is Cc1ccc(OCc2cnc(Cl)s2)c([N+](=O)[O-])c1. The van der Waals surface area contributed by atoms with Crippen molar-refractivity contribution in [1.29, 1.82) is 0 Å². The summed E-state index contributed by atoms with van der Waals surface area (Å²) in [7, 11) is 0. The second-order valence-electron chi connectivity index (χ2n) is 3.60. The van der Waals surface area contributed by atoms with E-state index in [1.165, 1.54) is 17.4 Å². The van der Waals surface area contributed by atoms with Crippen LogP contribution in [0, 0.1) is 17.0 Å². The molecule has 0 bridgehead atoms. The molecule has 2 aromatic rings. The van der Waals surface area contributed by atoms with E-state index in [0.717, 1.165) is 10.4 Å². The number of ether oxygens (including phenoxy) is 1. The molecule has 0 aliphatic carbocycles. The second-order valence-corrected chi connectivity index (χ2v) is 5.29. The first-order valence-electron chi connectivity index (χ1n) is 5.04. The van der Waals surface area contributed by atoms with Gasteiger partial charge in [-0.1, -0.05) is 17.7 Å². The van der Waals surface area contributed by atoms with Gasteiger partial charge in [0.2, 0.25) is 0 Å². The van der Waals surface area contributed by atoms with Gasteiger partial charge < -0.3 is 4.74 Å². The molecule has 0 atom stereocenters. The lowest BCUT2D eigenvalue weighted by Crippen LogP contribution is -1.98. The van der Waals surface area contributed by atoms with Crippen molar-refractivity contribution in [3.8, 4) is 5.75 Å². The first-order chi connectivity index (χ1) is 8.56. The van der Waals surface area contributed by atoms with Crippen LogP contribution in [-0.4, -0.2) is 9.91 Å². The number of halogens is 1. The first-order valence-corrected chi connectivity index (χ1v) is 6.24. The van der Waals surface area contributed by atoms with E-state index in [0.29, 0.717) is 4.47 Å². The zero-order valence-corrected chi connectivity index (χ0v) is 11.0. The Labute approximate surface area is 112 Å². The Morgan fingerprint density at radius 3 is 2.94 bits per heavy atom. The molecule has 1 heterocycles. The molecule has 2 rings (SSSR count). The van der Waals surface area contributed by atoms with Crippen LogP contribution in [0.5, 0.6) is 5.75 Å². The molecule has 0 amide bonds. The molecule has 1 aromatic heterocycles. The molecule has 0 aliphatic rings. The number of aryl methyl sites for hydroxylation is 1. The minimum Gasteiger partial charge on any atom is -0.481 e. The van der Waals surface area contributed by atoms with Crippen molar-refractivity contribution >= 4 is 28.6 Å². The summed E-state index contributed by atoms with van der Waals surface area (Å²) >= 11 is 6.97. The zero-order valence-electron chi connectivity index (χ0n) is 9.42. The van der Waals surface area contributed by atoms with Gasteiger partial charge in [-0.15, -0.1) is 11.3 Å². The first kappa shape index (κ1) is 12.8. The van der Waals surface area contributed by atoms with Gasteiger partial charge in [-0.05, 0) is 18.6 Å². The highest BCUT2D eigenvalue weighted by Gasteiger charge is 2.15. The monoisotopic (exact) mass is 284 g/mol. The summed E-state index contributed by atoms with van der Waals surface area (Å²) in [6.45, 7) is 2.01. The molecule has 0 fully saturated rings. The zero-order chi connectivity index (χ0) is 13.1. The van der Waals surface area contributed by atoms with Gasteiger partial charge in [0.25, 0.3) is 0 Å². The lowest BCUT2D eigenvalue weighted by molar-refractivity contribution is -0.386. The van der Waals surface area contributed by atoms with Gasteiger partial charge in [0.05, 0.1) is 9.80 Å². The van der Waals surface area contributed by atoms with Crippen LogP contribution in [-0.2, 0) is 6.61 Å². The normalized spacial score (nSPS) is 10.3. The molecule has 0 spiro atoms. The number of hydrogen-bond donors (Lipinski definition) is 0. The van der Waals surface area contributed by atoms with E-state index in [2.05, 4.69) is 4.98 Å². The maximum Gasteiger partial charge on any atom is 0.311 e. The van der Waals surface area contributed by atoms with Gasteiger partial charge in [0.1, 0.15) is 6.61 Å². The number of nitro benzene ring substituents is 1. The topological polar surface area (TPSA) is 65.3 Å². The number of nitro groups is 1. The van der Waals surface area contributed by atoms with Crippen molar-refractivity contribution in [2.75, 3.05) is 0 Å². The van der Waals surface area contributed by atoms with E-state index < -0.39 is 4.92 Å². The number of rotatable bonds is 4. The molecular formula is C11H9ClN2O3S. The van der Waals surface area contributed by atoms with Gasteiger partial charge >= 0.3 is 5.69 Å². The molecule has 0 saturated carbocycles. The Kier molecular flexibility index (Phi) is 3.78. The Bertz CT molecular complexity index is 585. The highest BCUT2D eigenvalue weighted by Crippen LogP contribution is 2.29. The molecular weight excluding hydrogens is 276 g/mol. The average Bonchev–Trinajstić information content (AvgIpc) is 2.73. The lowest BCUT2D eigenvalue weighted by Gasteiger charge is -2.05. The summed E-state index contributed by atoms with van der Waals surface area (Å²) in [6, 6.07) is 4.84. The maximum absolute atomic E-state index is 10.9. The van der Waals surface area contributed by atoms with E-state index >= 15 is 0 Å². The van der Waals surface area contributed by atoms with Crippen LogP contribution >= 0.6 is 22.9 Å². The quantitative estimate of drug-likeness (QED) is 0.635. The van der Waals surface area contributed by atoms with Crippen LogP contribution in [0.4, 0.5) is 5.69 Å². The van der Waals surface area contributed by atoms with Gasteiger partial charge in [-0.2, -0.15) is 0 Å². The molecule has 1 aromatic carbocycles. The summed E-state index contributed by atoms with van der Waals surface area (Å²) in [5.74, 6) is 0.245. The predicted molar refractivity (Wildman–Crippen MR) is 69.3 cm³/mol. The fourth-order valence-electron chi connectivity index (χ4n) is 1.39. The maximum atomic E-state index is 10.9. The Morgan fingerprint density at radius 1 is 1.56 bits per heavy atom. The van der Waals surface area contributed by atoms with Gasteiger partial charge in [0, 0.05) is 12.3 Å².